The maximum Gasteiger partial charge on any atom is 0.229 e. The van der Waals surface area contributed by atoms with E-state index < -0.39 is 6.10 Å². The lowest BCUT2D eigenvalue weighted by atomic mass is 10.1. The lowest BCUT2D eigenvalue weighted by Crippen LogP contribution is -2.47. The van der Waals surface area contributed by atoms with Gasteiger partial charge >= 0.3 is 0 Å². The zero-order valence-corrected chi connectivity index (χ0v) is 13.2. The summed E-state index contributed by atoms with van der Waals surface area (Å²) in [6.07, 6.45) is 1.77. The zero-order valence-electron chi connectivity index (χ0n) is 12.4. The van der Waals surface area contributed by atoms with Crippen molar-refractivity contribution in [1.29, 1.82) is 0 Å². The highest BCUT2D eigenvalue weighted by Gasteiger charge is 2.28. The summed E-state index contributed by atoms with van der Waals surface area (Å²) in [6.45, 7) is 1.89. The minimum Gasteiger partial charge on any atom is -0.481 e. The SMILES string of the molecule is COc1ccnc(N2CCOCC2CC(O)c2cccs2)n1. The fourth-order valence-electron chi connectivity index (χ4n) is 2.55. The van der Waals surface area contributed by atoms with Crippen LogP contribution in [0.15, 0.2) is 29.8 Å². The summed E-state index contributed by atoms with van der Waals surface area (Å²) >= 11 is 1.56. The molecule has 6 nitrogen and oxygen atoms in total. The lowest BCUT2D eigenvalue weighted by Gasteiger charge is -2.36. The predicted octanol–water partition coefficient (Wildman–Crippen LogP) is 1.88. The molecule has 0 aromatic carbocycles. The van der Waals surface area contributed by atoms with Gasteiger partial charge in [-0.15, -0.1) is 11.3 Å². The molecule has 2 aromatic rings. The molecule has 7 heteroatoms. The van der Waals surface area contributed by atoms with E-state index in [2.05, 4.69) is 14.9 Å². The number of ether oxygens (including phenoxy) is 2. The third-order valence-electron chi connectivity index (χ3n) is 3.68. The Kier molecular flexibility index (Phi) is 4.87. The Labute approximate surface area is 133 Å². The molecule has 0 saturated carbocycles. The van der Waals surface area contributed by atoms with Crippen LogP contribution in [0.2, 0.25) is 0 Å². The number of hydrogen-bond donors (Lipinski definition) is 1. The van der Waals surface area contributed by atoms with Crippen LogP contribution < -0.4 is 9.64 Å². The van der Waals surface area contributed by atoms with Gasteiger partial charge in [-0.05, 0) is 11.4 Å². The zero-order chi connectivity index (χ0) is 15.4. The average Bonchev–Trinajstić information content (AvgIpc) is 3.10. The Morgan fingerprint density at radius 3 is 3.23 bits per heavy atom. The molecule has 0 bridgehead atoms. The number of rotatable bonds is 5. The van der Waals surface area contributed by atoms with Crippen molar-refractivity contribution in [2.45, 2.75) is 18.6 Å². The highest BCUT2D eigenvalue weighted by Crippen LogP contribution is 2.27. The molecule has 1 fully saturated rings. The first-order chi connectivity index (χ1) is 10.8. The van der Waals surface area contributed by atoms with E-state index in [0.29, 0.717) is 38.0 Å². The Hall–Kier alpha value is -1.70. The van der Waals surface area contributed by atoms with Crippen LogP contribution in [0, 0.1) is 0 Å². The minimum absolute atomic E-state index is 0.0398. The van der Waals surface area contributed by atoms with E-state index in [0.717, 1.165) is 4.88 Å². The molecule has 0 radical (unpaired) electrons. The second-order valence-electron chi connectivity index (χ2n) is 5.09. The van der Waals surface area contributed by atoms with E-state index in [4.69, 9.17) is 9.47 Å². The topological polar surface area (TPSA) is 67.7 Å². The summed E-state index contributed by atoms with van der Waals surface area (Å²) in [6, 6.07) is 5.66. The highest BCUT2D eigenvalue weighted by molar-refractivity contribution is 7.10. The molecule has 0 amide bonds. The van der Waals surface area contributed by atoms with Gasteiger partial charge in [0.05, 0.1) is 32.5 Å². The molecule has 3 rings (SSSR count). The summed E-state index contributed by atoms with van der Waals surface area (Å²) < 4.78 is 10.7. The van der Waals surface area contributed by atoms with Gasteiger partial charge in [-0.1, -0.05) is 6.07 Å². The van der Waals surface area contributed by atoms with Crippen molar-refractivity contribution >= 4 is 17.3 Å². The van der Waals surface area contributed by atoms with Crippen molar-refractivity contribution in [3.05, 3.63) is 34.7 Å². The molecule has 1 N–H and O–H groups in total. The first-order valence-corrected chi connectivity index (χ1v) is 8.09. The molecular weight excluding hydrogens is 302 g/mol. The lowest BCUT2D eigenvalue weighted by molar-refractivity contribution is 0.0680. The fraction of sp³-hybridized carbons (Fsp3) is 0.467. The largest absolute Gasteiger partial charge is 0.481 e. The third-order valence-corrected chi connectivity index (χ3v) is 4.65. The number of nitrogens with zero attached hydrogens (tertiary/aromatic N) is 3. The smallest absolute Gasteiger partial charge is 0.229 e. The van der Waals surface area contributed by atoms with Crippen LogP contribution in [-0.2, 0) is 4.74 Å². The molecule has 2 unspecified atom stereocenters. The average molecular weight is 321 g/mol. The first-order valence-electron chi connectivity index (χ1n) is 7.21. The van der Waals surface area contributed by atoms with Crippen LogP contribution in [0.5, 0.6) is 5.88 Å². The van der Waals surface area contributed by atoms with Crippen LogP contribution in [0.1, 0.15) is 17.4 Å². The van der Waals surface area contributed by atoms with Gasteiger partial charge in [0.15, 0.2) is 0 Å². The van der Waals surface area contributed by atoms with E-state index in [1.54, 1.807) is 30.7 Å². The molecule has 2 atom stereocenters. The van der Waals surface area contributed by atoms with E-state index in [-0.39, 0.29) is 6.04 Å². The Balaban J connectivity index is 1.75. The van der Waals surface area contributed by atoms with Crippen LogP contribution in [0.3, 0.4) is 0 Å². The van der Waals surface area contributed by atoms with Crippen LogP contribution in [0.25, 0.3) is 0 Å². The monoisotopic (exact) mass is 321 g/mol. The van der Waals surface area contributed by atoms with Gasteiger partial charge in [0, 0.05) is 30.1 Å². The van der Waals surface area contributed by atoms with Gasteiger partial charge in [-0.3, -0.25) is 0 Å². The van der Waals surface area contributed by atoms with Crippen LogP contribution in [-0.4, -0.2) is 48.0 Å². The number of aliphatic hydroxyl groups excluding tert-OH is 1. The fourth-order valence-corrected chi connectivity index (χ4v) is 3.28. The van der Waals surface area contributed by atoms with Crippen molar-refractivity contribution in [2.24, 2.45) is 0 Å². The van der Waals surface area contributed by atoms with Crippen LogP contribution in [0.4, 0.5) is 5.95 Å². The first kappa shape index (κ1) is 15.2. The van der Waals surface area contributed by atoms with Gasteiger partial charge in [-0.25, -0.2) is 4.98 Å². The third kappa shape index (κ3) is 3.37. The molecule has 2 aromatic heterocycles. The summed E-state index contributed by atoms with van der Waals surface area (Å²) in [5.74, 6) is 1.15. The molecule has 0 aliphatic carbocycles. The van der Waals surface area contributed by atoms with Gasteiger partial charge in [0.2, 0.25) is 11.8 Å². The number of methoxy groups -OCH3 is 1. The molecule has 1 aliphatic rings. The molecule has 118 valence electrons. The number of aliphatic hydroxyl groups is 1. The second kappa shape index (κ2) is 7.04. The maximum absolute atomic E-state index is 10.4. The van der Waals surface area contributed by atoms with Gasteiger partial charge in [0.25, 0.3) is 0 Å². The molecule has 0 spiro atoms. The normalized spacial score (nSPS) is 19.9. The number of aromatic nitrogens is 2. The Bertz CT molecular complexity index is 593. The van der Waals surface area contributed by atoms with E-state index in [1.165, 1.54) is 0 Å². The summed E-state index contributed by atoms with van der Waals surface area (Å²) in [7, 11) is 1.59. The Morgan fingerprint density at radius 2 is 2.45 bits per heavy atom. The van der Waals surface area contributed by atoms with Gasteiger partial charge in [0.1, 0.15) is 0 Å². The van der Waals surface area contributed by atoms with Crippen molar-refractivity contribution in [3.63, 3.8) is 0 Å². The van der Waals surface area contributed by atoms with Crippen molar-refractivity contribution in [1.82, 2.24) is 9.97 Å². The molecule has 1 aliphatic heterocycles. The van der Waals surface area contributed by atoms with Crippen LogP contribution >= 0.6 is 11.3 Å². The standard InChI is InChI=1S/C15H19N3O3S/c1-20-14-4-5-16-15(17-14)18-6-7-21-10-11(18)9-12(19)13-3-2-8-22-13/h2-5,8,11-12,19H,6-7,9-10H2,1H3. The number of hydrogen-bond acceptors (Lipinski definition) is 7. The minimum atomic E-state index is -0.500. The molecule has 1 saturated heterocycles. The molecule has 22 heavy (non-hydrogen) atoms. The maximum atomic E-state index is 10.4. The van der Waals surface area contributed by atoms with Crippen molar-refractivity contribution in [2.75, 3.05) is 31.8 Å². The van der Waals surface area contributed by atoms with Crippen molar-refractivity contribution < 1.29 is 14.6 Å². The molecular formula is C15H19N3O3S. The summed E-state index contributed by atoms with van der Waals surface area (Å²) in [4.78, 5) is 11.8. The van der Waals surface area contributed by atoms with Gasteiger partial charge < -0.3 is 19.5 Å². The van der Waals surface area contributed by atoms with Crippen molar-refractivity contribution in [3.8, 4) is 5.88 Å². The second-order valence-corrected chi connectivity index (χ2v) is 6.07. The van der Waals surface area contributed by atoms with E-state index >= 15 is 0 Å². The summed E-state index contributed by atoms with van der Waals surface area (Å²) in [5.41, 5.74) is 0. The highest BCUT2D eigenvalue weighted by atomic mass is 32.1. The van der Waals surface area contributed by atoms with E-state index in [1.807, 2.05) is 17.5 Å². The van der Waals surface area contributed by atoms with Gasteiger partial charge in [-0.2, -0.15) is 4.98 Å². The predicted molar refractivity (Wildman–Crippen MR) is 84.4 cm³/mol. The Morgan fingerprint density at radius 1 is 1.55 bits per heavy atom. The number of morpholine rings is 1. The molecule has 3 heterocycles. The summed E-state index contributed by atoms with van der Waals surface area (Å²) in [5, 5.41) is 12.4. The number of thiophene rings is 1. The quantitative estimate of drug-likeness (QED) is 0.907. The number of anilines is 1. The van der Waals surface area contributed by atoms with E-state index in [9.17, 15) is 5.11 Å².